The first-order valence-electron chi connectivity index (χ1n) is 6.65. The van der Waals surface area contributed by atoms with E-state index in [1.807, 2.05) is 6.07 Å². The van der Waals surface area contributed by atoms with Crippen LogP contribution in [0.2, 0.25) is 0 Å². The quantitative estimate of drug-likeness (QED) is 0.869. The SMILES string of the molecule is COc1ccc(Cc2noc(C(N)CC(C)C)n2)cn1. The molecule has 2 N–H and O–H groups in total. The minimum atomic E-state index is -0.203. The number of aromatic nitrogens is 3. The molecule has 2 heterocycles. The normalized spacial score (nSPS) is 12.7. The van der Waals surface area contributed by atoms with Gasteiger partial charge in [-0.3, -0.25) is 0 Å². The lowest BCUT2D eigenvalue weighted by molar-refractivity contribution is 0.333. The Morgan fingerprint density at radius 3 is 2.75 bits per heavy atom. The monoisotopic (exact) mass is 276 g/mol. The highest BCUT2D eigenvalue weighted by Crippen LogP contribution is 2.18. The van der Waals surface area contributed by atoms with E-state index >= 15 is 0 Å². The molecule has 0 radical (unpaired) electrons. The zero-order chi connectivity index (χ0) is 14.5. The molecule has 2 aromatic rings. The van der Waals surface area contributed by atoms with E-state index < -0.39 is 0 Å². The number of rotatable bonds is 6. The molecule has 108 valence electrons. The van der Waals surface area contributed by atoms with Gasteiger partial charge < -0.3 is 15.0 Å². The minimum Gasteiger partial charge on any atom is -0.481 e. The van der Waals surface area contributed by atoms with Crippen LogP contribution in [0.3, 0.4) is 0 Å². The second kappa shape index (κ2) is 6.47. The van der Waals surface area contributed by atoms with Crippen LogP contribution in [0.5, 0.6) is 5.88 Å². The summed E-state index contributed by atoms with van der Waals surface area (Å²) in [6.45, 7) is 4.22. The summed E-state index contributed by atoms with van der Waals surface area (Å²) in [5, 5.41) is 3.96. The Hall–Kier alpha value is -1.95. The first kappa shape index (κ1) is 14.5. The van der Waals surface area contributed by atoms with Crippen LogP contribution in [0.15, 0.2) is 22.9 Å². The van der Waals surface area contributed by atoms with Crippen LogP contribution in [0.4, 0.5) is 0 Å². The highest BCUT2D eigenvalue weighted by atomic mass is 16.5. The van der Waals surface area contributed by atoms with E-state index in [2.05, 4.69) is 29.0 Å². The molecule has 2 rings (SSSR count). The van der Waals surface area contributed by atoms with Gasteiger partial charge >= 0.3 is 0 Å². The van der Waals surface area contributed by atoms with Gasteiger partial charge in [-0.25, -0.2) is 4.98 Å². The molecule has 0 saturated heterocycles. The molecule has 0 spiro atoms. The fraction of sp³-hybridized carbons (Fsp3) is 0.500. The summed E-state index contributed by atoms with van der Waals surface area (Å²) in [5.74, 6) is 2.19. The molecule has 0 bridgehead atoms. The van der Waals surface area contributed by atoms with Crippen molar-refractivity contribution in [2.75, 3.05) is 7.11 Å². The van der Waals surface area contributed by atoms with Gasteiger partial charge in [0, 0.05) is 18.7 Å². The van der Waals surface area contributed by atoms with Gasteiger partial charge in [0.2, 0.25) is 11.8 Å². The topological polar surface area (TPSA) is 87.1 Å². The Morgan fingerprint density at radius 1 is 1.35 bits per heavy atom. The van der Waals surface area contributed by atoms with E-state index in [0.717, 1.165) is 12.0 Å². The number of nitrogens with two attached hydrogens (primary N) is 1. The molecule has 0 aliphatic carbocycles. The molecule has 2 aromatic heterocycles. The standard InChI is InChI=1S/C14H20N4O2/c1-9(2)6-11(15)14-17-12(18-20-14)7-10-4-5-13(19-3)16-8-10/h4-5,8-9,11H,6-7,15H2,1-3H3. The lowest BCUT2D eigenvalue weighted by Gasteiger charge is -2.08. The molecule has 0 aromatic carbocycles. The van der Waals surface area contributed by atoms with Crippen LogP contribution < -0.4 is 10.5 Å². The molecule has 0 saturated carbocycles. The number of hydrogen-bond acceptors (Lipinski definition) is 6. The fourth-order valence-corrected chi connectivity index (χ4v) is 1.92. The van der Waals surface area contributed by atoms with Gasteiger partial charge in [-0.2, -0.15) is 4.98 Å². The van der Waals surface area contributed by atoms with Gasteiger partial charge in [0.15, 0.2) is 5.82 Å². The van der Waals surface area contributed by atoms with E-state index in [4.69, 9.17) is 15.0 Å². The number of ether oxygens (including phenoxy) is 1. The summed E-state index contributed by atoms with van der Waals surface area (Å²) in [4.78, 5) is 8.48. The van der Waals surface area contributed by atoms with Crippen LogP contribution in [-0.4, -0.2) is 22.2 Å². The molecule has 6 heteroatoms. The summed E-state index contributed by atoms with van der Waals surface area (Å²) in [5.41, 5.74) is 7.01. The summed E-state index contributed by atoms with van der Waals surface area (Å²) in [6.07, 6.45) is 3.13. The third-order valence-electron chi connectivity index (χ3n) is 2.90. The number of hydrogen-bond donors (Lipinski definition) is 1. The molecule has 0 amide bonds. The molecule has 0 aliphatic rings. The van der Waals surface area contributed by atoms with Crippen molar-refractivity contribution >= 4 is 0 Å². The van der Waals surface area contributed by atoms with Crippen molar-refractivity contribution in [2.24, 2.45) is 11.7 Å². The Labute approximate surface area is 118 Å². The Bertz CT molecular complexity index is 536. The van der Waals surface area contributed by atoms with E-state index in [1.54, 1.807) is 19.4 Å². The molecular weight excluding hydrogens is 256 g/mol. The smallest absolute Gasteiger partial charge is 0.243 e. The lowest BCUT2D eigenvalue weighted by Crippen LogP contribution is -2.13. The third-order valence-corrected chi connectivity index (χ3v) is 2.90. The van der Waals surface area contributed by atoms with Crippen LogP contribution in [0.1, 0.15) is 43.6 Å². The van der Waals surface area contributed by atoms with Crippen LogP contribution >= 0.6 is 0 Å². The average Bonchev–Trinajstić information content (AvgIpc) is 2.87. The Kier molecular flexibility index (Phi) is 4.68. The molecule has 1 unspecified atom stereocenters. The van der Waals surface area contributed by atoms with Crippen molar-refractivity contribution in [3.63, 3.8) is 0 Å². The van der Waals surface area contributed by atoms with Crippen molar-refractivity contribution in [3.05, 3.63) is 35.6 Å². The zero-order valence-electron chi connectivity index (χ0n) is 12.0. The summed E-state index contributed by atoms with van der Waals surface area (Å²) < 4.78 is 10.2. The van der Waals surface area contributed by atoms with E-state index in [0.29, 0.717) is 29.9 Å². The third kappa shape index (κ3) is 3.77. The molecule has 20 heavy (non-hydrogen) atoms. The van der Waals surface area contributed by atoms with Crippen LogP contribution in [-0.2, 0) is 6.42 Å². The highest BCUT2D eigenvalue weighted by molar-refractivity contribution is 5.20. The predicted octanol–water partition coefficient (Wildman–Crippen LogP) is 2.11. The lowest BCUT2D eigenvalue weighted by atomic mass is 10.0. The predicted molar refractivity (Wildman–Crippen MR) is 74.3 cm³/mol. The van der Waals surface area contributed by atoms with Gasteiger partial charge in [-0.15, -0.1) is 0 Å². The van der Waals surface area contributed by atoms with Crippen molar-refractivity contribution in [3.8, 4) is 5.88 Å². The van der Waals surface area contributed by atoms with Gasteiger partial charge in [0.25, 0.3) is 0 Å². The first-order chi connectivity index (χ1) is 9.58. The van der Waals surface area contributed by atoms with Crippen molar-refractivity contribution in [1.82, 2.24) is 15.1 Å². The maximum atomic E-state index is 6.02. The minimum absolute atomic E-state index is 0.203. The molecule has 0 fully saturated rings. The van der Waals surface area contributed by atoms with Crippen molar-refractivity contribution < 1.29 is 9.26 Å². The number of nitrogens with zero attached hydrogens (tertiary/aromatic N) is 3. The van der Waals surface area contributed by atoms with E-state index in [1.165, 1.54) is 0 Å². The van der Waals surface area contributed by atoms with Crippen molar-refractivity contribution in [1.29, 1.82) is 0 Å². The second-order valence-electron chi connectivity index (χ2n) is 5.17. The van der Waals surface area contributed by atoms with Crippen molar-refractivity contribution in [2.45, 2.75) is 32.7 Å². The maximum Gasteiger partial charge on any atom is 0.243 e. The average molecular weight is 276 g/mol. The summed E-state index contributed by atoms with van der Waals surface area (Å²) in [6, 6.07) is 3.53. The van der Waals surface area contributed by atoms with Crippen LogP contribution in [0.25, 0.3) is 0 Å². The number of pyridine rings is 1. The molecular formula is C14H20N4O2. The molecule has 0 aliphatic heterocycles. The maximum absolute atomic E-state index is 6.02. The molecule has 1 atom stereocenters. The van der Waals surface area contributed by atoms with Gasteiger partial charge in [0.05, 0.1) is 13.2 Å². The summed E-state index contributed by atoms with van der Waals surface area (Å²) in [7, 11) is 1.59. The molecule has 6 nitrogen and oxygen atoms in total. The van der Waals surface area contributed by atoms with E-state index in [-0.39, 0.29) is 6.04 Å². The first-order valence-corrected chi connectivity index (χ1v) is 6.65. The second-order valence-corrected chi connectivity index (χ2v) is 5.17. The zero-order valence-corrected chi connectivity index (χ0v) is 12.0. The highest BCUT2D eigenvalue weighted by Gasteiger charge is 2.16. The van der Waals surface area contributed by atoms with Crippen LogP contribution in [0, 0.1) is 5.92 Å². The largest absolute Gasteiger partial charge is 0.481 e. The summed E-state index contributed by atoms with van der Waals surface area (Å²) >= 11 is 0. The number of methoxy groups -OCH3 is 1. The van der Waals surface area contributed by atoms with Gasteiger partial charge in [-0.05, 0) is 17.9 Å². The van der Waals surface area contributed by atoms with Gasteiger partial charge in [-0.1, -0.05) is 25.1 Å². The Morgan fingerprint density at radius 2 is 2.15 bits per heavy atom. The fourth-order valence-electron chi connectivity index (χ4n) is 1.92. The van der Waals surface area contributed by atoms with E-state index in [9.17, 15) is 0 Å². The Balaban J connectivity index is 2.01. The van der Waals surface area contributed by atoms with Gasteiger partial charge in [0.1, 0.15) is 0 Å².